The van der Waals surface area contributed by atoms with E-state index in [9.17, 15) is 25.4 Å². The number of hydrogen-bond donors (Lipinski definition) is 1. The number of imidazole rings is 1. The van der Waals surface area contributed by atoms with E-state index < -0.39 is 10.5 Å². The minimum absolute atomic E-state index is 0.0131. The minimum Gasteiger partial charge on any atom is -0.337 e. The molecule has 0 bridgehead atoms. The number of para-hydroxylation sites is 2. The molecule has 0 saturated carbocycles. The highest BCUT2D eigenvalue weighted by molar-refractivity contribution is 5.98. The van der Waals surface area contributed by atoms with Crippen molar-refractivity contribution < 1.29 is 4.92 Å². The Morgan fingerprint density at radius 2 is 1.78 bits per heavy atom. The van der Waals surface area contributed by atoms with Gasteiger partial charge in [-0.3, -0.25) is 14.9 Å². The molecule has 0 aliphatic carbocycles. The lowest BCUT2D eigenvalue weighted by molar-refractivity contribution is -0.384. The van der Waals surface area contributed by atoms with E-state index >= 15 is 0 Å². The number of nitro groups is 1. The first-order valence-electron chi connectivity index (χ1n) is 12.3. The Morgan fingerprint density at radius 1 is 1.05 bits per heavy atom. The van der Waals surface area contributed by atoms with Crippen LogP contribution in [0, 0.1) is 39.7 Å². The van der Waals surface area contributed by atoms with Gasteiger partial charge in [0, 0.05) is 23.9 Å². The summed E-state index contributed by atoms with van der Waals surface area (Å²) in [4.78, 5) is 36.6. The smallest absolute Gasteiger partial charge is 0.291 e. The molecule has 0 aliphatic rings. The first-order valence-corrected chi connectivity index (χ1v) is 12.3. The molecule has 0 amide bonds. The molecule has 0 aliphatic heterocycles. The molecule has 0 atom stereocenters. The molecule has 0 fully saturated rings. The number of non-ortho nitro benzene ring substituents is 1. The summed E-state index contributed by atoms with van der Waals surface area (Å²) >= 11 is 0. The maximum absolute atomic E-state index is 13.8. The number of aryl methyl sites for hydroxylation is 1. The molecule has 41 heavy (non-hydrogen) atoms. The molecule has 0 saturated heterocycles. The van der Waals surface area contributed by atoms with E-state index in [1.54, 1.807) is 6.92 Å². The number of fused-ring (bicyclic) bond motifs is 1. The van der Waals surface area contributed by atoms with Gasteiger partial charge in [0.25, 0.3) is 11.2 Å². The van der Waals surface area contributed by atoms with Crippen molar-refractivity contribution in [3.05, 3.63) is 121 Å². The van der Waals surface area contributed by atoms with Crippen LogP contribution < -0.4 is 5.56 Å². The van der Waals surface area contributed by atoms with Crippen molar-refractivity contribution >= 4 is 34.5 Å². The van der Waals surface area contributed by atoms with E-state index in [0.29, 0.717) is 22.6 Å². The number of nitriles is 2. The zero-order valence-corrected chi connectivity index (χ0v) is 21.9. The fourth-order valence-corrected chi connectivity index (χ4v) is 4.32. The number of nitro benzene ring substituents is 1. The summed E-state index contributed by atoms with van der Waals surface area (Å²) < 4.78 is 0.917. The number of aromatic nitrogens is 3. The second-order valence-electron chi connectivity index (χ2n) is 9.05. The van der Waals surface area contributed by atoms with E-state index in [1.165, 1.54) is 30.5 Å². The van der Waals surface area contributed by atoms with Crippen LogP contribution in [0.4, 0.5) is 11.5 Å². The van der Waals surface area contributed by atoms with Crippen LogP contribution in [0.25, 0.3) is 22.2 Å². The number of rotatable bonds is 6. The van der Waals surface area contributed by atoms with Gasteiger partial charge in [0.05, 0.1) is 16.0 Å². The molecule has 0 unspecified atom stereocenters. The predicted molar refractivity (Wildman–Crippen MR) is 154 cm³/mol. The van der Waals surface area contributed by atoms with Gasteiger partial charge in [0.2, 0.25) is 0 Å². The van der Waals surface area contributed by atoms with Gasteiger partial charge in [0.15, 0.2) is 11.6 Å². The van der Waals surface area contributed by atoms with E-state index in [-0.39, 0.29) is 33.8 Å². The van der Waals surface area contributed by atoms with E-state index in [2.05, 4.69) is 26.1 Å². The number of aromatic amines is 1. The van der Waals surface area contributed by atoms with Crippen molar-refractivity contribution in [2.45, 2.75) is 13.8 Å². The third-order valence-corrected chi connectivity index (χ3v) is 6.28. The largest absolute Gasteiger partial charge is 0.337 e. The number of nitrogens with zero attached hydrogens (tertiary/aromatic N) is 7. The van der Waals surface area contributed by atoms with Gasteiger partial charge in [-0.05, 0) is 49.2 Å². The van der Waals surface area contributed by atoms with Crippen LogP contribution in [0.3, 0.4) is 0 Å². The third-order valence-electron chi connectivity index (χ3n) is 6.28. The van der Waals surface area contributed by atoms with Crippen LogP contribution in [-0.4, -0.2) is 31.5 Å². The van der Waals surface area contributed by atoms with Gasteiger partial charge in [-0.15, -0.1) is 0 Å². The van der Waals surface area contributed by atoms with E-state index in [4.69, 9.17) is 0 Å². The Hall–Kier alpha value is -6.20. The van der Waals surface area contributed by atoms with Crippen LogP contribution in [0.1, 0.15) is 35.0 Å². The summed E-state index contributed by atoms with van der Waals surface area (Å²) in [6.07, 6.45) is 1.50. The molecule has 11 nitrogen and oxygen atoms in total. The van der Waals surface area contributed by atoms with Crippen LogP contribution in [-0.2, 0) is 0 Å². The monoisotopic (exact) mass is 540 g/mol. The van der Waals surface area contributed by atoms with Crippen LogP contribution in [0.5, 0.6) is 0 Å². The van der Waals surface area contributed by atoms with Crippen LogP contribution in [0.15, 0.2) is 87.7 Å². The van der Waals surface area contributed by atoms with Crippen molar-refractivity contribution in [3.8, 4) is 23.3 Å². The predicted octanol–water partition coefficient (Wildman–Crippen LogP) is 5.37. The molecular formula is C30H20N8O3. The van der Waals surface area contributed by atoms with Gasteiger partial charge < -0.3 is 4.98 Å². The Labute approximate surface area is 233 Å². The lowest BCUT2D eigenvalue weighted by Gasteiger charge is -2.13. The van der Waals surface area contributed by atoms with Crippen LogP contribution >= 0.6 is 0 Å². The molecule has 5 rings (SSSR count). The Kier molecular flexibility index (Phi) is 7.01. The van der Waals surface area contributed by atoms with Crippen molar-refractivity contribution in [1.29, 1.82) is 10.5 Å². The fraction of sp³-hybridized carbons (Fsp3) is 0.0667. The van der Waals surface area contributed by atoms with Crippen molar-refractivity contribution in [2.24, 2.45) is 10.1 Å². The number of H-pyrrole nitrogens is 1. The average molecular weight is 541 g/mol. The number of benzene rings is 3. The quantitative estimate of drug-likeness (QED) is 0.172. The summed E-state index contributed by atoms with van der Waals surface area (Å²) in [6.45, 7) is 3.56. The number of pyridine rings is 1. The Balaban J connectivity index is 1.79. The Bertz CT molecular complexity index is 2000. The molecule has 0 radical (unpaired) electrons. The fourth-order valence-electron chi connectivity index (χ4n) is 4.32. The normalized spacial score (nSPS) is 11.5. The lowest BCUT2D eigenvalue weighted by Crippen LogP contribution is -2.23. The van der Waals surface area contributed by atoms with Gasteiger partial charge in [-0.2, -0.15) is 20.3 Å². The highest BCUT2D eigenvalue weighted by atomic mass is 16.6. The summed E-state index contributed by atoms with van der Waals surface area (Å²) in [6, 6.07) is 24.1. The molecule has 198 valence electrons. The third kappa shape index (κ3) is 5.11. The second kappa shape index (κ2) is 10.9. The van der Waals surface area contributed by atoms with E-state index in [1.807, 2.05) is 61.5 Å². The maximum atomic E-state index is 13.8. The molecule has 3 aromatic carbocycles. The summed E-state index contributed by atoms with van der Waals surface area (Å²) in [5.74, 6) is 0.282. The molecule has 11 heteroatoms. The standard InChI is InChI=1S/C30H20N8O3/c1-18-6-5-7-20(14-18)17-33-29-23(15-31)27(21-10-12-22(13-11-21)38(40)41)24(16-32)30(39)37(29)36-19(2)28-34-25-8-3-4-9-26(25)35-28/h3-14,17H,1-2H3,(H,34,35)/b33-17?,36-19+. The minimum atomic E-state index is -0.813. The highest BCUT2D eigenvalue weighted by Crippen LogP contribution is 2.33. The van der Waals surface area contributed by atoms with Gasteiger partial charge in [-0.1, -0.05) is 42.0 Å². The maximum Gasteiger partial charge on any atom is 0.291 e. The zero-order valence-electron chi connectivity index (χ0n) is 21.9. The zero-order chi connectivity index (χ0) is 29.1. The van der Waals surface area contributed by atoms with Crippen LogP contribution in [0.2, 0.25) is 0 Å². The topological polar surface area (TPSA) is 166 Å². The summed E-state index contributed by atoms with van der Waals surface area (Å²) in [7, 11) is 0. The molecule has 1 N–H and O–H groups in total. The summed E-state index contributed by atoms with van der Waals surface area (Å²) in [5, 5.41) is 36.0. The first-order chi connectivity index (χ1) is 19.8. The highest BCUT2D eigenvalue weighted by Gasteiger charge is 2.24. The second-order valence-corrected chi connectivity index (χ2v) is 9.05. The van der Waals surface area contributed by atoms with Gasteiger partial charge >= 0.3 is 0 Å². The van der Waals surface area contributed by atoms with Crippen molar-refractivity contribution in [3.63, 3.8) is 0 Å². The number of hydrogen-bond acceptors (Lipinski definition) is 8. The molecule has 2 aromatic heterocycles. The number of nitrogens with one attached hydrogen (secondary N) is 1. The first kappa shape index (κ1) is 26.4. The molecular weight excluding hydrogens is 520 g/mol. The van der Waals surface area contributed by atoms with Gasteiger partial charge in [0.1, 0.15) is 29.0 Å². The molecule has 2 heterocycles. The lowest BCUT2D eigenvalue weighted by atomic mass is 9.96. The SMILES string of the molecule is C/C(=N\n1c(N=Cc2cccc(C)c2)c(C#N)c(-c2ccc([N+](=O)[O-])cc2)c(C#N)c1=O)c1nc2ccccc2[nH]1. The average Bonchev–Trinajstić information content (AvgIpc) is 3.42. The van der Waals surface area contributed by atoms with Crippen molar-refractivity contribution in [2.75, 3.05) is 0 Å². The van der Waals surface area contributed by atoms with Gasteiger partial charge in [-0.25, -0.2) is 9.98 Å². The molecule has 5 aromatic rings. The van der Waals surface area contributed by atoms with Crippen molar-refractivity contribution in [1.82, 2.24) is 14.6 Å². The summed E-state index contributed by atoms with van der Waals surface area (Å²) in [5.41, 5.74) is 2.32. The Morgan fingerprint density at radius 3 is 2.44 bits per heavy atom. The van der Waals surface area contributed by atoms with E-state index in [0.717, 1.165) is 15.8 Å². The number of aliphatic imine (C=N–C) groups is 1. The molecule has 0 spiro atoms.